The van der Waals surface area contributed by atoms with Crippen LogP contribution >= 0.6 is 0 Å². The summed E-state index contributed by atoms with van der Waals surface area (Å²) in [5.74, 6) is 0.745. The first-order chi connectivity index (χ1) is 7.81. The predicted octanol–water partition coefficient (Wildman–Crippen LogP) is 1.79. The third-order valence-electron chi connectivity index (χ3n) is 2.69. The lowest BCUT2D eigenvalue weighted by Gasteiger charge is -2.07. The molecule has 16 heavy (non-hydrogen) atoms. The summed E-state index contributed by atoms with van der Waals surface area (Å²) in [7, 11) is 1.62. The molecular weight excluding hydrogens is 204 g/mol. The van der Waals surface area contributed by atoms with Crippen molar-refractivity contribution in [3.8, 4) is 5.75 Å². The second-order valence-electron chi connectivity index (χ2n) is 3.57. The van der Waals surface area contributed by atoms with E-state index in [1.807, 2.05) is 34.9 Å². The van der Waals surface area contributed by atoms with Gasteiger partial charge in [-0.25, -0.2) is 0 Å². The third-order valence-corrected chi connectivity index (χ3v) is 2.69. The van der Waals surface area contributed by atoms with Gasteiger partial charge in [-0.1, -0.05) is 6.07 Å². The molecule has 2 aromatic heterocycles. The molecule has 0 amide bonds. The number of ether oxygens (including phenoxy) is 1. The molecule has 0 saturated heterocycles. The Balaban J connectivity index is 2.66. The molecule has 0 fully saturated rings. The van der Waals surface area contributed by atoms with Crippen LogP contribution in [-0.2, 0) is 0 Å². The highest BCUT2D eigenvalue weighted by atomic mass is 16.5. The Hall–Kier alpha value is -2.23. The van der Waals surface area contributed by atoms with Crippen LogP contribution in [0.5, 0.6) is 5.75 Å². The zero-order valence-corrected chi connectivity index (χ0v) is 8.73. The van der Waals surface area contributed by atoms with Crippen molar-refractivity contribution < 1.29 is 4.74 Å². The topological polar surface area (TPSA) is 46.5 Å². The minimum atomic E-state index is -0.0919. The van der Waals surface area contributed by atoms with Crippen LogP contribution in [0.1, 0.15) is 0 Å². The standard InChI is InChI=1S/C12H10N2O2/c1-16-10-6-2-4-8-11(10)14-7-3-5-9(14)12(15)13-8/h2-7H,1H3,(H,13,15). The number of fused-ring (bicyclic) bond motifs is 3. The molecule has 80 valence electrons. The summed E-state index contributed by atoms with van der Waals surface area (Å²) >= 11 is 0. The van der Waals surface area contributed by atoms with E-state index in [2.05, 4.69) is 4.98 Å². The minimum Gasteiger partial charge on any atom is -0.494 e. The van der Waals surface area contributed by atoms with Crippen molar-refractivity contribution in [2.24, 2.45) is 0 Å². The number of hydrogen-bond acceptors (Lipinski definition) is 2. The first-order valence-corrected chi connectivity index (χ1v) is 4.97. The quantitative estimate of drug-likeness (QED) is 0.671. The number of rotatable bonds is 1. The van der Waals surface area contributed by atoms with Crippen LogP contribution in [-0.4, -0.2) is 16.5 Å². The van der Waals surface area contributed by atoms with E-state index in [-0.39, 0.29) is 5.56 Å². The molecule has 4 nitrogen and oxygen atoms in total. The molecule has 1 aromatic carbocycles. The van der Waals surface area contributed by atoms with Gasteiger partial charge in [0.25, 0.3) is 5.56 Å². The van der Waals surface area contributed by atoms with Crippen LogP contribution < -0.4 is 10.3 Å². The molecule has 0 saturated carbocycles. The number of methoxy groups -OCH3 is 1. The fraction of sp³-hybridized carbons (Fsp3) is 0.0833. The van der Waals surface area contributed by atoms with Gasteiger partial charge in [0.15, 0.2) is 0 Å². The van der Waals surface area contributed by atoms with Gasteiger partial charge < -0.3 is 14.1 Å². The van der Waals surface area contributed by atoms with Gasteiger partial charge >= 0.3 is 0 Å². The Morgan fingerprint density at radius 1 is 1.25 bits per heavy atom. The first-order valence-electron chi connectivity index (χ1n) is 4.97. The Labute approximate surface area is 91.1 Å². The zero-order chi connectivity index (χ0) is 11.1. The highest BCUT2D eigenvalue weighted by Gasteiger charge is 2.07. The maximum atomic E-state index is 11.7. The highest BCUT2D eigenvalue weighted by molar-refractivity contribution is 5.84. The Morgan fingerprint density at radius 2 is 2.12 bits per heavy atom. The molecule has 0 aliphatic carbocycles. The number of benzene rings is 1. The molecule has 0 atom stereocenters. The van der Waals surface area contributed by atoms with E-state index in [9.17, 15) is 4.79 Å². The minimum absolute atomic E-state index is 0.0919. The highest BCUT2D eigenvalue weighted by Crippen LogP contribution is 2.23. The fourth-order valence-electron chi connectivity index (χ4n) is 1.98. The van der Waals surface area contributed by atoms with Crippen molar-refractivity contribution in [2.45, 2.75) is 0 Å². The Morgan fingerprint density at radius 3 is 2.94 bits per heavy atom. The summed E-state index contributed by atoms with van der Waals surface area (Å²) in [4.78, 5) is 14.6. The summed E-state index contributed by atoms with van der Waals surface area (Å²) in [5, 5.41) is 0. The van der Waals surface area contributed by atoms with E-state index in [1.54, 1.807) is 13.2 Å². The van der Waals surface area contributed by atoms with Crippen molar-refractivity contribution in [1.82, 2.24) is 9.38 Å². The van der Waals surface area contributed by atoms with Crippen molar-refractivity contribution >= 4 is 16.6 Å². The molecule has 0 unspecified atom stereocenters. The Kier molecular flexibility index (Phi) is 1.77. The lowest BCUT2D eigenvalue weighted by atomic mass is 10.2. The summed E-state index contributed by atoms with van der Waals surface area (Å²) in [6, 6.07) is 9.21. The lowest BCUT2D eigenvalue weighted by molar-refractivity contribution is 0.418. The monoisotopic (exact) mass is 214 g/mol. The maximum absolute atomic E-state index is 11.7. The average molecular weight is 214 g/mol. The van der Waals surface area contributed by atoms with Crippen molar-refractivity contribution in [3.63, 3.8) is 0 Å². The number of nitrogens with zero attached hydrogens (tertiary/aromatic N) is 1. The molecule has 3 rings (SSSR count). The molecule has 0 spiro atoms. The van der Waals surface area contributed by atoms with E-state index in [4.69, 9.17) is 4.74 Å². The average Bonchev–Trinajstić information content (AvgIpc) is 2.77. The predicted molar refractivity (Wildman–Crippen MR) is 62.1 cm³/mol. The molecule has 0 aliphatic heterocycles. The molecule has 0 aliphatic rings. The van der Waals surface area contributed by atoms with Gasteiger partial charge in [0, 0.05) is 6.20 Å². The van der Waals surface area contributed by atoms with Gasteiger partial charge in [-0.15, -0.1) is 0 Å². The number of aromatic nitrogens is 2. The number of para-hydroxylation sites is 1. The van der Waals surface area contributed by atoms with E-state index in [0.29, 0.717) is 5.52 Å². The molecule has 2 heterocycles. The SMILES string of the molecule is COc1cccc2[nH]c(=O)c3cccn3c12. The van der Waals surface area contributed by atoms with Crippen LogP contribution in [0.2, 0.25) is 0 Å². The van der Waals surface area contributed by atoms with Crippen LogP contribution in [0.3, 0.4) is 0 Å². The van der Waals surface area contributed by atoms with Gasteiger partial charge in [-0.3, -0.25) is 4.79 Å². The van der Waals surface area contributed by atoms with Crippen LogP contribution in [0.4, 0.5) is 0 Å². The fourth-order valence-corrected chi connectivity index (χ4v) is 1.98. The zero-order valence-electron chi connectivity index (χ0n) is 8.73. The largest absolute Gasteiger partial charge is 0.494 e. The summed E-state index contributed by atoms with van der Waals surface area (Å²) in [6.07, 6.45) is 1.86. The van der Waals surface area contributed by atoms with Crippen molar-refractivity contribution in [2.75, 3.05) is 7.11 Å². The van der Waals surface area contributed by atoms with Crippen LogP contribution in [0.15, 0.2) is 41.3 Å². The molecule has 4 heteroatoms. The Bertz CT molecular complexity index is 725. The number of aromatic amines is 1. The van der Waals surface area contributed by atoms with Crippen molar-refractivity contribution in [3.05, 3.63) is 46.9 Å². The van der Waals surface area contributed by atoms with E-state index in [1.165, 1.54) is 0 Å². The van der Waals surface area contributed by atoms with E-state index < -0.39 is 0 Å². The smallest absolute Gasteiger partial charge is 0.272 e. The molecule has 3 aromatic rings. The van der Waals surface area contributed by atoms with E-state index >= 15 is 0 Å². The summed E-state index contributed by atoms with van der Waals surface area (Å²) in [5.41, 5.74) is 2.18. The van der Waals surface area contributed by atoms with Gasteiger partial charge in [0.05, 0.1) is 12.6 Å². The number of hydrogen-bond donors (Lipinski definition) is 1. The van der Waals surface area contributed by atoms with Gasteiger partial charge in [0.1, 0.15) is 16.8 Å². The molecule has 1 N–H and O–H groups in total. The van der Waals surface area contributed by atoms with E-state index in [0.717, 1.165) is 16.8 Å². The van der Waals surface area contributed by atoms with Gasteiger partial charge in [-0.2, -0.15) is 0 Å². The van der Waals surface area contributed by atoms with Crippen LogP contribution in [0.25, 0.3) is 16.6 Å². The van der Waals surface area contributed by atoms with Crippen LogP contribution in [0, 0.1) is 0 Å². The normalized spacial score (nSPS) is 11.1. The second kappa shape index (κ2) is 3.13. The van der Waals surface area contributed by atoms with Gasteiger partial charge in [-0.05, 0) is 24.3 Å². The molecule has 0 bridgehead atoms. The summed E-state index contributed by atoms with van der Waals surface area (Å²) < 4.78 is 7.14. The molecular formula is C12H10N2O2. The number of H-pyrrole nitrogens is 1. The lowest BCUT2D eigenvalue weighted by Crippen LogP contribution is -2.09. The maximum Gasteiger partial charge on any atom is 0.272 e. The van der Waals surface area contributed by atoms with Crippen molar-refractivity contribution in [1.29, 1.82) is 0 Å². The third kappa shape index (κ3) is 1.07. The first kappa shape index (κ1) is 9.03. The molecule has 0 radical (unpaired) electrons. The second-order valence-corrected chi connectivity index (χ2v) is 3.57. The van der Waals surface area contributed by atoms with Gasteiger partial charge in [0.2, 0.25) is 0 Å². The summed E-state index contributed by atoms with van der Waals surface area (Å²) in [6.45, 7) is 0. The number of nitrogens with one attached hydrogen (secondary N) is 1.